The lowest BCUT2D eigenvalue weighted by Gasteiger charge is -2.09. The van der Waals surface area contributed by atoms with E-state index < -0.39 is 0 Å². The lowest BCUT2D eigenvalue weighted by molar-refractivity contribution is 0.463. The van der Waals surface area contributed by atoms with Gasteiger partial charge in [-0.05, 0) is 44.0 Å². The number of aromatic nitrogens is 1. The predicted molar refractivity (Wildman–Crippen MR) is 81.2 cm³/mol. The van der Waals surface area contributed by atoms with Crippen LogP contribution in [0, 0.1) is 0 Å². The van der Waals surface area contributed by atoms with E-state index in [0.29, 0.717) is 25.3 Å². The number of hydrogen-bond acceptors (Lipinski definition) is 2. The van der Waals surface area contributed by atoms with Gasteiger partial charge in [0.2, 0.25) is 5.88 Å². The van der Waals surface area contributed by atoms with Gasteiger partial charge in [0.05, 0.1) is 10.0 Å². The zero-order chi connectivity index (χ0) is 13.3. The summed E-state index contributed by atoms with van der Waals surface area (Å²) in [6.45, 7) is 0. The molecule has 0 aliphatic carbocycles. The summed E-state index contributed by atoms with van der Waals surface area (Å²) in [5.41, 5.74) is 0. The molecule has 0 atom stereocenters. The number of hydrogen-bond donors (Lipinski definition) is 0. The zero-order valence-corrected chi connectivity index (χ0v) is 14.0. The molecule has 0 saturated carbocycles. The molecule has 0 aliphatic heterocycles. The van der Waals surface area contributed by atoms with Gasteiger partial charge in [-0.2, -0.15) is 0 Å². The van der Waals surface area contributed by atoms with Crippen LogP contribution in [0.4, 0.5) is 0 Å². The van der Waals surface area contributed by atoms with Crippen LogP contribution in [0.15, 0.2) is 33.3 Å². The molecule has 0 amide bonds. The van der Waals surface area contributed by atoms with Crippen molar-refractivity contribution in [1.82, 2.24) is 4.98 Å². The Balaban J connectivity index is 2.37. The zero-order valence-electron chi connectivity index (χ0n) is 8.55. The average molecular weight is 432 g/mol. The van der Waals surface area contributed by atoms with E-state index in [9.17, 15) is 0 Å². The quantitative estimate of drug-likeness (QED) is 0.516. The molecule has 94 valence electrons. The van der Waals surface area contributed by atoms with Gasteiger partial charge in [-0.25, -0.2) is 4.98 Å². The van der Waals surface area contributed by atoms with E-state index in [0.717, 1.165) is 4.47 Å². The van der Waals surface area contributed by atoms with Gasteiger partial charge in [0.25, 0.3) is 0 Å². The molecule has 0 aliphatic rings. The third-order valence-electron chi connectivity index (χ3n) is 1.96. The topological polar surface area (TPSA) is 22.1 Å². The van der Waals surface area contributed by atoms with Crippen LogP contribution in [-0.4, -0.2) is 4.98 Å². The molecule has 0 bridgehead atoms. The normalized spacial score (nSPS) is 10.5. The van der Waals surface area contributed by atoms with E-state index in [1.54, 1.807) is 24.4 Å². The van der Waals surface area contributed by atoms with Gasteiger partial charge < -0.3 is 4.74 Å². The first-order valence-electron chi connectivity index (χ1n) is 4.61. The fraction of sp³-hybridized carbons (Fsp3) is 0. The maximum atomic E-state index is 6.04. The second-order valence-electron chi connectivity index (χ2n) is 3.24. The number of benzene rings is 1. The second-order valence-corrected chi connectivity index (χ2v) is 6.23. The SMILES string of the molecule is Clc1cc(Oc2ncc(Br)cc2Cl)c(Cl)cc1Br. The van der Waals surface area contributed by atoms with Gasteiger partial charge in [-0.1, -0.05) is 34.8 Å². The van der Waals surface area contributed by atoms with Crippen LogP contribution in [0.25, 0.3) is 0 Å². The molecule has 0 radical (unpaired) electrons. The molecule has 2 aromatic rings. The highest BCUT2D eigenvalue weighted by atomic mass is 79.9. The fourth-order valence-corrected chi connectivity index (χ4v) is 2.66. The molecule has 0 unspecified atom stereocenters. The molecule has 1 aromatic heterocycles. The maximum Gasteiger partial charge on any atom is 0.238 e. The van der Waals surface area contributed by atoms with Crippen molar-refractivity contribution >= 4 is 66.7 Å². The van der Waals surface area contributed by atoms with E-state index in [1.807, 2.05) is 0 Å². The monoisotopic (exact) mass is 429 g/mol. The number of ether oxygens (including phenoxy) is 1. The number of pyridine rings is 1. The molecule has 2 nitrogen and oxygen atoms in total. The molecule has 0 N–H and O–H groups in total. The molecular formula is C11H4Br2Cl3NO. The first-order chi connectivity index (χ1) is 8.47. The minimum absolute atomic E-state index is 0.264. The minimum Gasteiger partial charge on any atom is -0.436 e. The highest BCUT2D eigenvalue weighted by molar-refractivity contribution is 9.10. The summed E-state index contributed by atoms with van der Waals surface area (Å²) in [5, 5.41) is 1.27. The summed E-state index contributed by atoms with van der Waals surface area (Å²) < 4.78 is 6.98. The molecule has 1 aromatic carbocycles. The fourth-order valence-electron chi connectivity index (χ4n) is 1.16. The summed E-state index contributed by atoms with van der Waals surface area (Å²) in [5.74, 6) is 0.654. The standard InChI is InChI=1S/C11H4Br2Cl3NO/c12-5-1-9(16)11(17-4-5)18-10-3-7(14)6(13)2-8(10)15/h1-4H. The number of nitrogens with zero attached hydrogens (tertiary/aromatic N) is 1. The van der Waals surface area contributed by atoms with Crippen molar-refractivity contribution in [2.45, 2.75) is 0 Å². The number of rotatable bonds is 2. The van der Waals surface area contributed by atoms with Crippen LogP contribution in [0.2, 0.25) is 15.1 Å². The summed E-state index contributed by atoms with van der Waals surface area (Å²) in [4.78, 5) is 4.05. The lowest BCUT2D eigenvalue weighted by atomic mass is 10.3. The van der Waals surface area contributed by atoms with E-state index in [2.05, 4.69) is 36.8 Å². The summed E-state index contributed by atoms with van der Waals surface area (Å²) in [7, 11) is 0. The predicted octanol–water partition coefficient (Wildman–Crippen LogP) is 6.36. The summed E-state index contributed by atoms with van der Waals surface area (Å²) in [6.07, 6.45) is 1.58. The molecule has 2 rings (SSSR count). The Morgan fingerprint density at radius 1 is 0.944 bits per heavy atom. The summed E-state index contributed by atoms with van der Waals surface area (Å²) in [6, 6.07) is 4.91. The number of halogens is 5. The molecule has 0 fully saturated rings. The highest BCUT2D eigenvalue weighted by Gasteiger charge is 2.11. The molecule has 18 heavy (non-hydrogen) atoms. The first-order valence-corrected chi connectivity index (χ1v) is 7.33. The largest absolute Gasteiger partial charge is 0.436 e. The smallest absolute Gasteiger partial charge is 0.238 e. The van der Waals surface area contributed by atoms with Crippen LogP contribution in [0.5, 0.6) is 11.6 Å². The van der Waals surface area contributed by atoms with Gasteiger partial charge >= 0.3 is 0 Å². The van der Waals surface area contributed by atoms with E-state index >= 15 is 0 Å². The van der Waals surface area contributed by atoms with Gasteiger partial charge in [-0.3, -0.25) is 0 Å². The van der Waals surface area contributed by atoms with Crippen LogP contribution in [-0.2, 0) is 0 Å². The Bertz CT molecular complexity index is 607. The molecular weight excluding hydrogens is 428 g/mol. The van der Waals surface area contributed by atoms with Crippen LogP contribution in [0.3, 0.4) is 0 Å². The van der Waals surface area contributed by atoms with Crippen LogP contribution >= 0.6 is 66.7 Å². The average Bonchev–Trinajstić information content (AvgIpc) is 2.29. The highest BCUT2D eigenvalue weighted by Crippen LogP contribution is 2.37. The van der Waals surface area contributed by atoms with Crippen molar-refractivity contribution < 1.29 is 4.74 Å². The second kappa shape index (κ2) is 5.97. The Labute approximate surface area is 135 Å². The van der Waals surface area contributed by atoms with Crippen molar-refractivity contribution in [2.24, 2.45) is 0 Å². The minimum atomic E-state index is 0.264. The third-order valence-corrected chi connectivity index (χ3v) is 4.15. The molecule has 7 heteroatoms. The van der Waals surface area contributed by atoms with Crippen molar-refractivity contribution in [3.8, 4) is 11.6 Å². The van der Waals surface area contributed by atoms with E-state index in [1.165, 1.54) is 0 Å². The van der Waals surface area contributed by atoms with Gasteiger partial charge in [0, 0.05) is 21.2 Å². The Morgan fingerprint density at radius 2 is 1.67 bits per heavy atom. The maximum absolute atomic E-state index is 6.04. The van der Waals surface area contributed by atoms with Crippen molar-refractivity contribution in [3.63, 3.8) is 0 Å². The van der Waals surface area contributed by atoms with Crippen molar-refractivity contribution in [1.29, 1.82) is 0 Å². The Hall–Kier alpha value is -0.000000000000000278. The molecule has 1 heterocycles. The molecule has 0 saturated heterocycles. The molecule has 0 spiro atoms. The lowest BCUT2D eigenvalue weighted by Crippen LogP contribution is -1.90. The Morgan fingerprint density at radius 3 is 2.33 bits per heavy atom. The van der Waals surface area contributed by atoms with Crippen molar-refractivity contribution in [2.75, 3.05) is 0 Å². The van der Waals surface area contributed by atoms with E-state index in [-0.39, 0.29) is 5.88 Å². The van der Waals surface area contributed by atoms with Gasteiger partial charge in [0.1, 0.15) is 10.8 Å². The van der Waals surface area contributed by atoms with Crippen molar-refractivity contribution in [3.05, 3.63) is 48.4 Å². The Kier molecular flexibility index (Phi) is 4.78. The summed E-state index contributed by atoms with van der Waals surface area (Å²) >= 11 is 24.5. The van der Waals surface area contributed by atoms with Crippen LogP contribution in [0.1, 0.15) is 0 Å². The van der Waals surface area contributed by atoms with Gasteiger partial charge in [-0.15, -0.1) is 0 Å². The first kappa shape index (κ1) is 14.4. The van der Waals surface area contributed by atoms with E-state index in [4.69, 9.17) is 39.5 Å². The third kappa shape index (κ3) is 3.31. The van der Waals surface area contributed by atoms with Crippen LogP contribution < -0.4 is 4.74 Å². The van der Waals surface area contributed by atoms with Gasteiger partial charge in [0.15, 0.2) is 0 Å².